The molecule has 1 aliphatic heterocycles. The number of nitrogens with one attached hydrogen (secondary N) is 2. The largest absolute Gasteiger partial charge is 0.365 e. The van der Waals surface area contributed by atoms with Crippen LogP contribution < -0.4 is 22.1 Å². The van der Waals surface area contributed by atoms with Crippen LogP contribution in [0.5, 0.6) is 0 Å². The van der Waals surface area contributed by atoms with Crippen LogP contribution in [0.1, 0.15) is 70.0 Å². The molecule has 3 aromatic rings. The number of amides is 2. The number of benzene rings is 2. The highest BCUT2D eigenvalue weighted by Crippen LogP contribution is 2.28. The van der Waals surface area contributed by atoms with Crippen molar-refractivity contribution >= 4 is 29.3 Å². The number of primary amides is 1. The van der Waals surface area contributed by atoms with Crippen LogP contribution in [-0.2, 0) is 19.4 Å². The van der Waals surface area contributed by atoms with Gasteiger partial charge in [0.1, 0.15) is 11.4 Å². The van der Waals surface area contributed by atoms with Crippen LogP contribution in [0, 0.1) is 0 Å². The lowest BCUT2D eigenvalue weighted by molar-refractivity contribution is 0.0733. The standard InChI is InChI=1S/C29H35N7O2/c1-2-18-7-3-4-8-22(18)28(38)36-14-13-19-11-12-21(15-20(19)17-36)33-27-23(26(31)37)16-32-29(35-27)34-25-10-6-5-9-24(25)30/h3-4,7-8,11-12,15-16,24-25H,2,5-6,9-10,13-14,17,30H2,1H3,(H2,31,37)(H2,32,33,34,35)/t24-,25+/m0/s1. The summed E-state index contributed by atoms with van der Waals surface area (Å²) in [5.74, 6) is 0.178. The summed E-state index contributed by atoms with van der Waals surface area (Å²) in [7, 11) is 0. The van der Waals surface area contributed by atoms with E-state index in [-0.39, 0.29) is 23.6 Å². The van der Waals surface area contributed by atoms with Crippen molar-refractivity contribution in [3.63, 3.8) is 0 Å². The van der Waals surface area contributed by atoms with Crippen molar-refractivity contribution < 1.29 is 9.59 Å². The molecule has 2 heterocycles. The van der Waals surface area contributed by atoms with Gasteiger partial charge in [0.15, 0.2) is 0 Å². The molecule has 1 aliphatic carbocycles. The van der Waals surface area contributed by atoms with Gasteiger partial charge in [-0.25, -0.2) is 4.98 Å². The fraction of sp³-hybridized carbons (Fsp3) is 0.379. The summed E-state index contributed by atoms with van der Waals surface area (Å²) in [6.45, 7) is 3.25. The molecule has 0 unspecified atom stereocenters. The van der Waals surface area contributed by atoms with E-state index in [1.54, 1.807) is 0 Å². The van der Waals surface area contributed by atoms with E-state index >= 15 is 0 Å². The number of carbonyl (C=O) groups excluding carboxylic acids is 2. The SMILES string of the molecule is CCc1ccccc1C(=O)N1CCc2ccc(Nc3nc(N[C@@H]4CCCC[C@@H]4N)ncc3C(N)=O)cc2C1. The Morgan fingerprint density at radius 1 is 1.08 bits per heavy atom. The second-order valence-corrected chi connectivity index (χ2v) is 10.1. The first-order valence-corrected chi connectivity index (χ1v) is 13.4. The number of nitrogens with two attached hydrogens (primary N) is 2. The maximum atomic E-state index is 13.3. The van der Waals surface area contributed by atoms with E-state index < -0.39 is 5.91 Å². The number of nitrogens with zero attached hydrogens (tertiary/aromatic N) is 3. The smallest absolute Gasteiger partial charge is 0.254 e. The van der Waals surface area contributed by atoms with Crippen molar-refractivity contribution in [2.45, 2.75) is 64.1 Å². The van der Waals surface area contributed by atoms with Gasteiger partial charge in [-0.2, -0.15) is 4.98 Å². The Labute approximate surface area is 223 Å². The van der Waals surface area contributed by atoms with Crippen LogP contribution in [0.4, 0.5) is 17.5 Å². The molecule has 1 fully saturated rings. The highest BCUT2D eigenvalue weighted by atomic mass is 16.2. The predicted molar refractivity (Wildman–Crippen MR) is 148 cm³/mol. The van der Waals surface area contributed by atoms with Crippen molar-refractivity contribution in [2.75, 3.05) is 17.2 Å². The molecule has 1 aromatic heterocycles. The average molecular weight is 514 g/mol. The summed E-state index contributed by atoms with van der Waals surface area (Å²) in [4.78, 5) is 36.2. The van der Waals surface area contributed by atoms with Gasteiger partial charge in [0.25, 0.3) is 11.8 Å². The van der Waals surface area contributed by atoms with Crippen molar-refractivity contribution in [1.29, 1.82) is 0 Å². The first kappa shape index (κ1) is 25.7. The van der Waals surface area contributed by atoms with Crippen molar-refractivity contribution in [3.05, 3.63) is 76.5 Å². The molecule has 5 rings (SSSR count). The second kappa shape index (κ2) is 11.2. The summed E-state index contributed by atoms with van der Waals surface area (Å²) in [6, 6.07) is 13.9. The summed E-state index contributed by atoms with van der Waals surface area (Å²) in [5.41, 5.74) is 16.9. The lowest BCUT2D eigenvalue weighted by Crippen LogP contribution is -2.43. The normalized spacial score (nSPS) is 18.9. The van der Waals surface area contributed by atoms with Crippen LogP contribution in [0.25, 0.3) is 0 Å². The molecule has 2 aliphatic rings. The molecule has 0 radical (unpaired) electrons. The summed E-state index contributed by atoms with van der Waals surface area (Å²) in [5, 5.41) is 6.59. The van der Waals surface area contributed by atoms with Crippen LogP contribution in [0.15, 0.2) is 48.7 Å². The van der Waals surface area contributed by atoms with Gasteiger partial charge in [-0.05, 0) is 60.6 Å². The molecule has 2 atom stereocenters. The number of fused-ring (bicyclic) bond motifs is 1. The van der Waals surface area contributed by atoms with E-state index in [0.717, 1.165) is 60.9 Å². The molecule has 9 heteroatoms. The van der Waals surface area contributed by atoms with Crippen molar-refractivity contribution in [2.24, 2.45) is 11.5 Å². The fourth-order valence-corrected chi connectivity index (χ4v) is 5.38. The minimum Gasteiger partial charge on any atom is -0.365 e. The van der Waals surface area contributed by atoms with E-state index in [2.05, 4.69) is 33.6 Å². The topological polar surface area (TPSA) is 139 Å². The Balaban J connectivity index is 1.36. The first-order chi connectivity index (χ1) is 18.4. The highest BCUT2D eigenvalue weighted by Gasteiger charge is 2.25. The minimum atomic E-state index is -0.613. The quantitative estimate of drug-likeness (QED) is 0.377. The third kappa shape index (κ3) is 5.47. The summed E-state index contributed by atoms with van der Waals surface area (Å²) >= 11 is 0. The molecular weight excluding hydrogens is 478 g/mol. The molecule has 2 aromatic carbocycles. The zero-order chi connectivity index (χ0) is 26.6. The van der Waals surface area contributed by atoms with Gasteiger partial charge < -0.3 is 27.0 Å². The van der Waals surface area contributed by atoms with Crippen LogP contribution in [0.2, 0.25) is 0 Å². The fourth-order valence-electron chi connectivity index (χ4n) is 5.38. The molecular formula is C29H35N7O2. The molecule has 198 valence electrons. The number of hydrogen-bond acceptors (Lipinski definition) is 7. The van der Waals surface area contributed by atoms with Gasteiger partial charge >= 0.3 is 0 Å². The number of anilines is 3. The number of carbonyl (C=O) groups is 2. The molecule has 6 N–H and O–H groups in total. The Morgan fingerprint density at radius 2 is 1.89 bits per heavy atom. The van der Waals surface area contributed by atoms with Gasteiger partial charge in [0.2, 0.25) is 5.95 Å². The molecule has 0 bridgehead atoms. The lowest BCUT2D eigenvalue weighted by Gasteiger charge is -2.30. The Bertz CT molecular complexity index is 1340. The van der Waals surface area contributed by atoms with Gasteiger partial charge in [-0.3, -0.25) is 9.59 Å². The average Bonchev–Trinajstić information content (AvgIpc) is 2.93. The molecule has 1 saturated carbocycles. The van der Waals surface area contributed by atoms with Crippen LogP contribution >= 0.6 is 0 Å². The molecule has 0 saturated heterocycles. The van der Waals surface area contributed by atoms with Gasteiger partial charge in [0.05, 0.1) is 0 Å². The number of rotatable bonds is 7. The monoisotopic (exact) mass is 513 g/mol. The maximum Gasteiger partial charge on any atom is 0.254 e. The molecule has 38 heavy (non-hydrogen) atoms. The van der Waals surface area contributed by atoms with Gasteiger partial charge in [-0.15, -0.1) is 0 Å². The molecule has 2 amide bonds. The van der Waals surface area contributed by atoms with Crippen molar-refractivity contribution in [3.8, 4) is 0 Å². The Hall–Kier alpha value is -3.98. The van der Waals surface area contributed by atoms with Crippen molar-refractivity contribution in [1.82, 2.24) is 14.9 Å². The molecule has 0 spiro atoms. The van der Waals surface area contributed by atoms with Gasteiger partial charge in [0, 0.05) is 42.6 Å². The highest BCUT2D eigenvalue weighted by molar-refractivity contribution is 5.98. The Kier molecular flexibility index (Phi) is 7.55. The number of aromatic nitrogens is 2. The maximum absolute atomic E-state index is 13.3. The van der Waals surface area contributed by atoms with E-state index in [1.165, 1.54) is 11.8 Å². The number of aryl methyl sites for hydroxylation is 1. The van der Waals surface area contributed by atoms with Gasteiger partial charge in [-0.1, -0.05) is 44.0 Å². The predicted octanol–water partition coefficient (Wildman–Crippen LogP) is 3.76. The zero-order valence-electron chi connectivity index (χ0n) is 21.7. The summed E-state index contributed by atoms with van der Waals surface area (Å²) in [6.07, 6.45) is 7.18. The Morgan fingerprint density at radius 3 is 2.68 bits per heavy atom. The lowest BCUT2D eigenvalue weighted by atomic mass is 9.91. The molecule has 9 nitrogen and oxygen atoms in total. The first-order valence-electron chi connectivity index (χ1n) is 13.4. The number of hydrogen-bond donors (Lipinski definition) is 4. The third-order valence-electron chi connectivity index (χ3n) is 7.59. The zero-order valence-corrected chi connectivity index (χ0v) is 21.7. The van der Waals surface area contributed by atoms with E-state index in [0.29, 0.717) is 24.9 Å². The summed E-state index contributed by atoms with van der Waals surface area (Å²) < 4.78 is 0. The van der Waals surface area contributed by atoms with Crippen LogP contribution in [0.3, 0.4) is 0 Å². The minimum absolute atomic E-state index is 0.0372. The van der Waals surface area contributed by atoms with E-state index in [1.807, 2.05) is 41.3 Å². The third-order valence-corrected chi connectivity index (χ3v) is 7.59. The van der Waals surface area contributed by atoms with Crippen LogP contribution in [-0.4, -0.2) is 45.3 Å². The second-order valence-electron chi connectivity index (χ2n) is 10.1. The van der Waals surface area contributed by atoms with E-state index in [4.69, 9.17) is 11.5 Å². The van der Waals surface area contributed by atoms with E-state index in [9.17, 15) is 9.59 Å².